The van der Waals surface area contributed by atoms with E-state index < -0.39 is 0 Å². The molecule has 0 aliphatic rings. The quantitative estimate of drug-likeness (QED) is 0.577. The third-order valence-corrected chi connectivity index (χ3v) is 1.91. The zero-order valence-corrected chi connectivity index (χ0v) is 8.76. The van der Waals surface area contributed by atoms with Crippen LogP contribution in [-0.2, 0) is 0 Å². The van der Waals surface area contributed by atoms with Gasteiger partial charge in [-0.05, 0) is 27.7 Å². The summed E-state index contributed by atoms with van der Waals surface area (Å²) in [5.74, 6) is 0. The number of rotatable bonds is 4. The maximum absolute atomic E-state index is 2.39. The maximum atomic E-state index is 2.39. The first kappa shape index (κ1) is 10.9. The lowest BCUT2D eigenvalue weighted by Crippen LogP contribution is -2.48. The van der Waals surface area contributed by atoms with E-state index in [0.29, 0.717) is 12.1 Å². The number of hydrogen-bond donors (Lipinski definition) is 0. The molecule has 0 saturated heterocycles. The number of hydrogen-bond acceptors (Lipinski definition) is 2. The van der Waals surface area contributed by atoms with Crippen molar-refractivity contribution in [2.45, 2.75) is 46.7 Å². The van der Waals surface area contributed by atoms with Gasteiger partial charge in [-0.3, -0.25) is 0 Å². The Balaban J connectivity index is 4.09. The number of nitrogens with zero attached hydrogens (tertiary/aromatic N) is 2. The molecule has 0 saturated carbocycles. The minimum absolute atomic E-state index is 0.597. The SMILES string of the molecule is CCN(C)N(C(C)C)C(C)C. The molecule has 0 aliphatic carbocycles. The molecule has 0 radical (unpaired) electrons. The zero-order chi connectivity index (χ0) is 9.02. The Labute approximate surface area is 71.1 Å². The summed E-state index contributed by atoms with van der Waals surface area (Å²) in [5.41, 5.74) is 0. The summed E-state index contributed by atoms with van der Waals surface area (Å²) < 4.78 is 0. The average molecular weight is 158 g/mol. The summed E-state index contributed by atoms with van der Waals surface area (Å²) in [6, 6.07) is 1.19. The molecule has 0 rings (SSSR count). The van der Waals surface area contributed by atoms with Gasteiger partial charge in [0.15, 0.2) is 0 Å². The van der Waals surface area contributed by atoms with Crippen LogP contribution in [0.15, 0.2) is 0 Å². The van der Waals surface area contributed by atoms with Gasteiger partial charge >= 0.3 is 0 Å². The van der Waals surface area contributed by atoms with Crippen LogP contribution in [-0.4, -0.2) is 35.7 Å². The van der Waals surface area contributed by atoms with E-state index in [1.54, 1.807) is 0 Å². The second-order valence-electron chi connectivity index (χ2n) is 3.54. The van der Waals surface area contributed by atoms with Crippen molar-refractivity contribution in [1.29, 1.82) is 0 Å². The van der Waals surface area contributed by atoms with Crippen LogP contribution in [0.5, 0.6) is 0 Å². The molecule has 0 unspecified atom stereocenters. The molecule has 68 valence electrons. The monoisotopic (exact) mass is 158 g/mol. The molecule has 0 atom stereocenters. The summed E-state index contributed by atoms with van der Waals surface area (Å²) >= 11 is 0. The van der Waals surface area contributed by atoms with Gasteiger partial charge in [-0.2, -0.15) is 0 Å². The Bertz CT molecular complexity index is 91.7. The summed E-state index contributed by atoms with van der Waals surface area (Å²) in [4.78, 5) is 0. The first-order chi connectivity index (χ1) is 5.00. The fourth-order valence-corrected chi connectivity index (χ4v) is 1.55. The third kappa shape index (κ3) is 3.21. The smallest absolute Gasteiger partial charge is 0.0192 e. The van der Waals surface area contributed by atoms with E-state index in [-0.39, 0.29) is 0 Å². The fourth-order valence-electron chi connectivity index (χ4n) is 1.55. The minimum Gasteiger partial charge on any atom is -0.245 e. The molecule has 0 aliphatic heterocycles. The van der Waals surface area contributed by atoms with Gasteiger partial charge in [-0.15, -0.1) is 0 Å². The summed E-state index contributed by atoms with van der Waals surface area (Å²) in [5, 5.41) is 4.66. The highest BCUT2D eigenvalue weighted by Crippen LogP contribution is 2.06. The van der Waals surface area contributed by atoms with E-state index in [4.69, 9.17) is 0 Å². The van der Waals surface area contributed by atoms with Crippen molar-refractivity contribution in [1.82, 2.24) is 10.0 Å². The Morgan fingerprint density at radius 2 is 1.36 bits per heavy atom. The first-order valence-electron chi connectivity index (χ1n) is 4.50. The van der Waals surface area contributed by atoms with Gasteiger partial charge in [0.05, 0.1) is 0 Å². The van der Waals surface area contributed by atoms with E-state index in [9.17, 15) is 0 Å². The van der Waals surface area contributed by atoms with Crippen molar-refractivity contribution in [2.24, 2.45) is 0 Å². The highest BCUT2D eigenvalue weighted by molar-refractivity contribution is 4.62. The maximum Gasteiger partial charge on any atom is 0.0192 e. The summed E-state index contributed by atoms with van der Waals surface area (Å²) in [7, 11) is 2.14. The van der Waals surface area contributed by atoms with Crippen LogP contribution < -0.4 is 0 Å². The van der Waals surface area contributed by atoms with Crippen LogP contribution >= 0.6 is 0 Å². The van der Waals surface area contributed by atoms with Gasteiger partial charge in [0.2, 0.25) is 0 Å². The largest absolute Gasteiger partial charge is 0.245 e. The molecule has 0 aromatic rings. The fraction of sp³-hybridized carbons (Fsp3) is 1.00. The van der Waals surface area contributed by atoms with E-state index in [0.717, 1.165) is 6.54 Å². The second kappa shape index (κ2) is 4.73. The average Bonchev–Trinajstić information content (AvgIpc) is 1.85. The lowest BCUT2D eigenvalue weighted by atomic mass is 10.3. The first-order valence-corrected chi connectivity index (χ1v) is 4.50. The van der Waals surface area contributed by atoms with Crippen LogP contribution in [0.4, 0.5) is 0 Å². The Morgan fingerprint density at radius 1 is 1.00 bits per heavy atom. The Kier molecular flexibility index (Phi) is 4.69. The zero-order valence-electron chi connectivity index (χ0n) is 8.76. The second-order valence-corrected chi connectivity index (χ2v) is 3.54. The predicted molar refractivity (Wildman–Crippen MR) is 50.4 cm³/mol. The Hall–Kier alpha value is -0.0800. The molecular formula is C9H22N2. The van der Waals surface area contributed by atoms with Gasteiger partial charge < -0.3 is 0 Å². The van der Waals surface area contributed by atoms with Crippen molar-refractivity contribution >= 4 is 0 Å². The lowest BCUT2D eigenvalue weighted by molar-refractivity contribution is -0.0513. The molecular weight excluding hydrogens is 136 g/mol. The molecule has 0 fully saturated rings. The van der Waals surface area contributed by atoms with Crippen molar-refractivity contribution < 1.29 is 0 Å². The molecule has 0 aromatic carbocycles. The standard InChI is InChI=1S/C9H22N2/c1-7-10(6)11(8(2)3)9(4)5/h8-9H,7H2,1-6H3. The van der Waals surface area contributed by atoms with Crippen molar-refractivity contribution in [2.75, 3.05) is 13.6 Å². The molecule has 2 heteroatoms. The van der Waals surface area contributed by atoms with E-state index >= 15 is 0 Å². The van der Waals surface area contributed by atoms with E-state index in [2.05, 4.69) is 51.7 Å². The van der Waals surface area contributed by atoms with Crippen molar-refractivity contribution in [3.05, 3.63) is 0 Å². The molecule has 0 N–H and O–H groups in total. The van der Waals surface area contributed by atoms with Gasteiger partial charge in [0.25, 0.3) is 0 Å². The van der Waals surface area contributed by atoms with Crippen LogP contribution in [0, 0.1) is 0 Å². The highest BCUT2D eigenvalue weighted by atomic mass is 15.6. The van der Waals surface area contributed by atoms with E-state index in [1.807, 2.05) is 0 Å². The van der Waals surface area contributed by atoms with Crippen LogP contribution in [0.1, 0.15) is 34.6 Å². The predicted octanol–water partition coefficient (Wildman–Crippen LogP) is 1.97. The molecule has 0 bridgehead atoms. The van der Waals surface area contributed by atoms with Crippen LogP contribution in [0.3, 0.4) is 0 Å². The van der Waals surface area contributed by atoms with Gasteiger partial charge in [-0.25, -0.2) is 10.0 Å². The van der Waals surface area contributed by atoms with Crippen molar-refractivity contribution in [3.8, 4) is 0 Å². The molecule has 0 spiro atoms. The van der Waals surface area contributed by atoms with Crippen LogP contribution in [0.2, 0.25) is 0 Å². The topological polar surface area (TPSA) is 6.48 Å². The summed E-state index contributed by atoms with van der Waals surface area (Å²) in [6.45, 7) is 12.2. The molecule has 0 amide bonds. The van der Waals surface area contributed by atoms with Crippen LogP contribution in [0.25, 0.3) is 0 Å². The number of hydrazine groups is 1. The highest BCUT2D eigenvalue weighted by Gasteiger charge is 2.16. The van der Waals surface area contributed by atoms with Crippen molar-refractivity contribution in [3.63, 3.8) is 0 Å². The molecule has 11 heavy (non-hydrogen) atoms. The van der Waals surface area contributed by atoms with Gasteiger partial charge in [0, 0.05) is 25.7 Å². The molecule has 0 heterocycles. The van der Waals surface area contributed by atoms with E-state index in [1.165, 1.54) is 0 Å². The minimum atomic E-state index is 0.597. The third-order valence-electron chi connectivity index (χ3n) is 1.91. The molecule has 2 nitrogen and oxygen atoms in total. The van der Waals surface area contributed by atoms with Gasteiger partial charge in [-0.1, -0.05) is 6.92 Å². The lowest BCUT2D eigenvalue weighted by Gasteiger charge is -2.37. The Morgan fingerprint density at radius 3 is 1.45 bits per heavy atom. The summed E-state index contributed by atoms with van der Waals surface area (Å²) in [6.07, 6.45) is 0. The van der Waals surface area contributed by atoms with Gasteiger partial charge in [0.1, 0.15) is 0 Å². The normalized spacial score (nSPS) is 12.5. The molecule has 0 aromatic heterocycles.